The van der Waals surface area contributed by atoms with E-state index in [0.29, 0.717) is 24.1 Å². The molecule has 98 valence electrons. The Labute approximate surface area is 118 Å². The van der Waals surface area contributed by atoms with Crippen molar-refractivity contribution in [1.29, 1.82) is 0 Å². The fraction of sp³-hybridized carbons (Fsp3) is 0.231. The van der Waals surface area contributed by atoms with Crippen molar-refractivity contribution in [1.82, 2.24) is 9.97 Å². The van der Waals surface area contributed by atoms with Crippen molar-refractivity contribution in [3.63, 3.8) is 0 Å². The van der Waals surface area contributed by atoms with E-state index in [1.807, 2.05) is 12.1 Å². The van der Waals surface area contributed by atoms with Gasteiger partial charge in [-0.1, -0.05) is 0 Å². The van der Waals surface area contributed by atoms with Gasteiger partial charge in [0.15, 0.2) is 11.9 Å². The van der Waals surface area contributed by atoms with E-state index in [9.17, 15) is 0 Å². The van der Waals surface area contributed by atoms with Crippen LogP contribution < -0.4 is 14.2 Å². The van der Waals surface area contributed by atoms with E-state index in [1.165, 1.54) is 0 Å². The van der Waals surface area contributed by atoms with Crippen molar-refractivity contribution >= 4 is 15.9 Å². The Morgan fingerprint density at radius 1 is 1.32 bits per heavy atom. The highest BCUT2D eigenvalue weighted by atomic mass is 79.9. The Bertz CT molecular complexity index is 589. The number of methoxy groups -OCH3 is 1. The van der Waals surface area contributed by atoms with Gasteiger partial charge in [-0.3, -0.25) is 0 Å². The number of halogens is 1. The third-order valence-electron chi connectivity index (χ3n) is 2.77. The van der Waals surface area contributed by atoms with E-state index < -0.39 is 0 Å². The summed E-state index contributed by atoms with van der Waals surface area (Å²) in [6.45, 7) is 0.430. The van der Waals surface area contributed by atoms with Crippen molar-refractivity contribution in [3.8, 4) is 17.5 Å². The number of hydrogen-bond acceptors (Lipinski definition) is 5. The van der Waals surface area contributed by atoms with Gasteiger partial charge < -0.3 is 14.2 Å². The molecule has 1 atom stereocenters. The molecule has 0 saturated heterocycles. The minimum absolute atomic E-state index is 0.209. The van der Waals surface area contributed by atoms with Gasteiger partial charge in [0.25, 0.3) is 5.88 Å². The normalized spacial score (nSPS) is 17.1. The smallest absolute Gasteiger partial charge is 0.257 e. The molecule has 19 heavy (non-hydrogen) atoms. The summed E-state index contributed by atoms with van der Waals surface area (Å²) >= 11 is 3.34. The maximum absolute atomic E-state index is 5.81. The predicted octanol–water partition coefficient (Wildman–Crippen LogP) is 2.76. The topological polar surface area (TPSA) is 53.5 Å². The monoisotopic (exact) mass is 322 g/mol. The molecule has 3 heterocycles. The third-order valence-corrected chi connectivity index (χ3v) is 3.20. The van der Waals surface area contributed by atoms with Crippen LogP contribution in [-0.4, -0.2) is 23.7 Å². The average Bonchev–Trinajstić information content (AvgIpc) is 2.47. The molecular formula is C13H11BrN2O3. The lowest BCUT2D eigenvalue weighted by Gasteiger charge is -2.25. The number of nitrogens with zero attached hydrogens (tertiary/aromatic N) is 2. The van der Waals surface area contributed by atoms with Gasteiger partial charge in [0.1, 0.15) is 6.61 Å². The van der Waals surface area contributed by atoms with Crippen LogP contribution >= 0.6 is 15.9 Å². The van der Waals surface area contributed by atoms with Crippen molar-refractivity contribution in [2.75, 3.05) is 13.7 Å². The van der Waals surface area contributed by atoms with Crippen LogP contribution in [0.15, 0.2) is 35.1 Å². The molecule has 2 aromatic rings. The first-order valence-corrected chi connectivity index (χ1v) is 6.50. The quantitative estimate of drug-likeness (QED) is 0.851. The Kier molecular flexibility index (Phi) is 3.25. The Morgan fingerprint density at radius 2 is 2.21 bits per heavy atom. The first-order chi connectivity index (χ1) is 9.26. The summed E-state index contributed by atoms with van der Waals surface area (Å²) in [5, 5.41) is 0. The molecule has 0 radical (unpaired) electrons. The van der Waals surface area contributed by atoms with Crippen LogP contribution in [0.4, 0.5) is 0 Å². The van der Waals surface area contributed by atoms with Crippen molar-refractivity contribution in [2.45, 2.75) is 6.10 Å². The van der Waals surface area contributed by atoms with E-state index in [0.717, 1.165) is 10.0 Å². The highest BCUT2D eigenvalue weighted by molar-refractivity contribution is 9.10. The predicted molar refractivity (Wildman–Crippen MR) is 71.6 cm³/mol. The van der Waals surface area contributed by atoms with Crippen LogP contribution in [0.25, 0.3) is 0 Å². The summed E-state index contributed by atoms with van der Waals surface area (Å²) in [7, 11) is 1.58. The van der Waals surface area contributed by atoms with E-state index in [2.05, 4.69) is 25.9 Å². The van der Waals surface area contributed by atoms with E-state index in [-0.39, 0.29) is 6.10 Å². The summed E-state index contributed by atoms with van der Waals surface area (Å²) in [5.41, 5.74) is 0.927. The van der Waals surface area contributed by atoms with Crippen molar-refractivity contribution in [2.24, 2.45) is 0 Å². The van der Waals surface area contributed by atoms with Gasteiger partial charge in [-0.2, -0.15) is 0 Å². The molecule has 0 unspecified atom stereocenters. The largest absolute Gasteiger partial charge is 0.484 e. The van der Waals surface area contributed by atoms with Gasteiger partial charge in [-0.15, -0.1) is 0 Å². The fourth-order valence-corrected chi connectivity index (χ4v) is 2.11. The highest BCUT2D eigenvalue weighted by Gasteiger charge is 2.24. The molecule has 1 aliphatic rings. The molecular weight excluding hydrogens is 312 g/mol. The molecule has 3 rings (SSSR count). The number of aromatic nitrogens is 2. The molecule has 0 bridgehead atoms. The minimum Gasteiger partial charge on any atom is -0.484 e. The summed E-state index contributed by atoms with van der Waals surface area (Å²) < 4.78 is 17.3. The lowest BCUT2D eigenvalue weighted by Crippen LogP contribution is -2.22. The molecule has 5 nitrogen and oxygen atoms in total. The van der Waals surface area contributed by atoms with Gasteiger partial charge in [0.2, 0.25) is 5.88 Å². The molecule has 0 N–H and O–H groups in total. The van der Waals surface area contributed by atoms with Crippen LogP contribution in [0, 0.1) is 0 Å². The number of ether oxygens (including phenoxy) is 3. The summed E-state index contributed by atoms with van der Waals surface area (Å²) in [5.74, 6) is 1.71. The van der Waals surface area contributed by atoms with E-state index in [1.54, 1.807) is 25.6 Å². The lowest BCUT2D eigenvalue weighted by molar-refractivity contribution is 0.0846. The summed E-state index contributed by atoms with van der Waals surface area (Å²) in [4.78, 5) is 8.35. The Hall–Kier alpha value is -1.82. The average molecular weight is 323 g/mol. The van der Waals surface area contributed by atoms with Gasteiger partial charge in [-0.25, -0.2) is 9.97 Å². The molecule has 0 spiro atoms. The number of rotatable bonds is 2. The van der Waals surface area contributed by atoms with Gasteiger partial charge in [0, 0.05) is 34.6 Å². The second kappa shape index (κ2) is 5.05. The molecule has 6 heteroatoms. The van der Waals surface area contributed by atoms with E-state index in [4.69, 9.17) is 14.2 Å². The maximum Gasteiger partial charge on any atom is 0.257 e. The zero-order chi connectivity index (χ0) is 13.2. The van der Waals surface area contributed by atoms with Crippen LogP contribution in [-0.2, 0) is 0 Å². The zero-order valence-corrected chi connectivity index (χ0v) is 11.8. The maximum atomic E-state index is 5.81. The van der Waals surface area contributed by atoms with Crippen LogP contribution in [0.5, 0.6) is 17.5 Å². The van der Waals surface area contributed by atoms with E-state index >= 15 is 0 Å². The number of pyridine rings is 2. The SMILES string of the molecule is COc1ccc([C@H]2COc3cc(Br)cnc3O2)cn1. The van der Waals surface area contributed by atoms with Gasteiger partial charge >= 0.3 is 0 Å². The van der Waals surface area contributed by atoms with Gasteiger partial charge in [0.05, 0.1) is 7.11 Å². The van der Waals surface area contributed by atoms with Crippen LogP contribution in [0.1, 0.15) is 11.7 Å². The summed E-state index contributed by atoms with van der Waals surface area (Å²) in [6.07, 6.45) is 3.19. The minimum atomic E-state index is -0.209. The number of fused-ring (bicyclic) bond motifs is 1. The van der Waals surface area contributed by atoms with Crippen molar-refractivity contribution in [3.05, 3.63) is 40.6 Å². The molecule has 0 fully saturated rings. The molecule has 2 aromatic heterocycles. The highest BCUT2D eigenvalue weighted by Crippen LogP contribution is 2.35. The van der Waals surface area contributed by atoms with Gasteiger partial charge in [-0.05, 0) is 22.0 Å². The second-order valence-electron chi connectivity index (χ2n) is 4.01. The Morgan fingerprint density at radius 3 is 2.95 bits per heavy atom. The second-order valence-corrected chi connectivity index (χ2v) is 4.92. The Balaban J connectivity index is 1.82. The molecule has 0 aliphatic carbocycles. The molecule has 1 aliphatic heterocycles. The fourth-order valence-electron chi connectivity index (χ4n) is 1.80. The molecule has 0 aromatic carbocycles. The number of hydrogen-bond donors (Lipinski definition) is 0. The van der Waals surface area contributed by atoms with Crippen molar-refractivity contribution < 1.29 is 14.2 Å². The third kappa shape index (κ3) is 2.49. The standard InChI is InChI=1S/C13H11BrN2O3/c1-17-12-3-2-8(5-15-12)11-7-18-10-4-9(14)6-16-13(10)19-11/h2-6,11H,7H2,1H3/t11-/m1/s1. The first-order valence-electron chi connectivity index (χ1n) is 5.71. The lowest BCUT2D eigenvalue weighted by atomic mass is 10.1. The zero-order valence-electron chi connectivity index (χ0n) is 10.2. The first kappa shape index (κ1) is 12.2. The summed E-state index contributed by atoms with van der Waals surface area (Å²) in [6, 6.07) is 5.54. The molecule has 0 amide bonds. The molecule has 0 saturated carbocycles. The van der Waals surface area contributed by atoms with Crippen LogP contribution in [0.3, 0.4) is 0 Å². The van der Waals surface area contributed by atoms with Crippen LogP contribution in [0.2, 0.25) is 0 Å².